The number of aromatic nitrogens is 2. The topological polar surface area (TPSA) is 69.8 Å². The van der Waals surface area contributed by atoms with E-state index >= 15 is 0 Å². The Morgan fingerprint density at radius 2 is 2.33 bits per heavy atom. The molecule has 0 spiro atoms. The Hall–Kier alpha value is -1.52. The van der Waals surface area contributed by atoms with E-state index in [9.17, 15) is 4.79 Å². The third kappa shape index (κ3) is 1.55. The predicted molar refractivity (Wildman–Crippen MR) is 46.1 cm³/mol. The maximum absolute atomic E-state index is 10.9. The van der Waals surface area contributed by atoms with Crippen LogP contribution in [0, 0.1) is 13.8 Å². The molecule has 5 heteroatoms. The van der Waals surface area contributed by atoms with Gasteiger partial charge in [0.1, 0.15) is 5.82 Å². The standard InChI is InChI=1S/C7H12N4O/c1-4-5(2)10-11-6(4)9-7(12)8-3/h1-3H3,(H3,8,9,10,11,12)/i/hD. The summed E-state index contributed by atoms with van der Waals surface area (Å²) in [5.74, 6) is 0.400. The first kappa shape index (κ1) is 7.15. The molecule has 12 heavy (non-hydrogen) atoms. The van der Waals surface area contributed by atoms with Gasteiger partial charge in [0, 0.05) is 12.6 Å². The van der Waals surface area contributed by atoms with E-state index in [1.54, 1.807) is 13.8 Å². The first-order valence-corrected chi connectivity index (χ1v) is 3.60. The molecular weight excluding hydrogens is 156 g/mol. The maximum atomic E-state index is 10.9. The van der Waals surface area contributed by atoms with Crippen LogP contribution >= 0.6 is 0 Å². The molecule has 0 aromatic carbocycles. The van der Waals surface area contributed by atoms with Gasteiger partial charge in [-0.1, -0.05) is 0 Å². The van der Waals surface area contributed by atoms with Crippen LogP contribution in [0.2, 0.25) is 1.41 Å². The van der Waals surface area contributed by atoms with Crippen molar-refractivity contribution in [1.82, 2.24) is 15.5 Å². The second-order valence-electron chi connectivity index (χ2n) is 2.46. The Kier molecular flexibility index (Phi) is 1.94. The number of nitrogens with zero attached hydrogens (tertiary/aromatic N) is 1. The van der Waals surface area contributed by atoms with Gasteiger partial charge in [-0.15, -0.1) is 0 Å². The van der Waals surface area contributed by atoms with Gasteiger partial charge in [-0.25, -0.2) is 4.79 Å². The zero-order valence-electron chi connectivity index (χ0n) is 8.30. The average molecular weight is 169 g/mol. The highest BCUT2D eigenvalue weighted by Crippen LogP contribution is 2.12. The minimum Gasteiger partial charge on any atom is -0.341 e. The van der Waals surface area contributed by atoms with Crippen molar-refractivity contribution in [2.75, 3.05) is 12.4 Å². The SMILES string of the molecule is [2H]n1nc(C)c(C)c1NC(=O)NC. The first-order valence-electron chi connectivity index (χ1n) is 4.05. The lowest BCUT2D eigenvalue weighted by Gasteiger charge is -2.01. The summed E-state index contributed by atoms with van der Waals surface area (Å²) < 4.78 is 7.36. The Morgan fingerprint density at radius 1 is 1.67 bits per heavy atom. The largest absolute Gasteiger partial charge is 0.341 e. The number of carbonyl (C=O) groups is 1. The molecule has 5 nitrogen and oxygen atoms in total. The highest BCUT2D eigenvalue weighted by atomic mass is 16.2. The number of H-pyrrole nitrogens is 1. The van der Waals surface area contributed by atoms with Crippen LogP contribution < -0.4 is 10.6 Å². The van der Waals surface area contributed by atoms with E-state index < -0.39 is 0 Å². The lowest BCUT2D eigenvalue weighted by Crippen LogP contribution is -2.24. The summed E-state index contributed by atoms with van der Waals surface area (Å²) >= 11 is 0. The van der Waals surface area contributed by atoms with Crippen molar-refractivity contribution in [3.63, 3.8) is 0 Å². The van der Waals surface area contributed by atoms with Crippen LogP contribution in [0.1, 0.15) is 11.3 Å². The van der Waals surface area contributed by atoms with Gasteiger partial charge in [-0.2, -0.15) is 5.10 Å². The van der Waals surface area contributed by atoms with Crippen molar-refractivity contribution in [2.45, 2.75) is 13.8 Å². The number of nitrogens with one attached hydrogen (secondary N) is 3. The van der Waals surface area contributed by atoms with Gasteiger partial charge in [0.2, 0.25) is 0 Å². The van der Waals surface area contributed by atoms with Crippen LogP contribution in [-0.4, -0.2) is 23.3 Å². The number of amides is 2. The first-order chi connectivity index (χ1) is 6.06. The molecule has 0 bridgehead atoms. The van der Waals surface area contributed by atoms with Gasteiger partial charge in [0.05, 0.1) is 5.69 Å². The van der Waals surface area contributed by atoms with E-state index in [0.29, 0.717) is 5.82 Å². The minimum atomic E-state index is -0.350. The fraction of sp³-hybridized carbons (Fsp3) is 0.429. The molecule has 0 aliphatic carbocycles. The summed E-state index contributed by atoms with van der Waals surface area (Å²) in [5.41, 5.74) is 1.54. The molecule has 0 unspecified atom stereocenters. The molecule has 66 valence electrons. The monoisotopic (exact) mass is 169 g/mol. The summed E-state index contributed by atoms with van der Waals surface area (Å²) in [6.07, 6.45) is 0. The van der Waals surface area contributed by atoms with E-state index in [4.69, 9.17) is 1.41 Å². The maximum Gasteiger partial charge on any atom is 0.320 e. The normalized spacial score (nSPS) is 10.8. The smallest absolute Gasteiger partial charge is 0.320 e. The van der Waals surface area contributed by atoms with Crippen molar-refractivity contribution in [2.24, 2.45) is 0 Å². The van der Waals surface area contributed by atoms with Gasteiger partial charge in [0.25, 0.3) is 0 Å². The van der Waals surface area contributed by atoms with Crippen molar-refractivity contribution < 1.29 is 6.21 Å². The average Bonchev–Trinajstić information content (AvgIpc) is 2.32. The van der Waals surface area contributed by atoms with Crippen molar-refractivity contribution >= 4 is 11.8 Å². The second kappa shape index (κ2) is 3.25. The molecule has 1 rings (SSSR count). The number of urea groups is 1. The Bertz CT molecular complexity index is 333. The zero-order chi connectivity index (χ0) is 10.0. The fourth-order valence-corrected chi connectivity index (χ4v) is 0.735. The van der Waals surface area contributed by atoms with Gasteiger partial charge in [0.15, 0.2) is 1.41 Å². The summed E-state index contributed by atoms with van der Waals surface area (Å²) in [5, 5.41) is 9.66. The van der Waals surface area contributed by atoms with Crippen molar-refractivity contribution in [3.05, 3.63) is 11.3 Å². The van der Waals surface area contributed by atoms with Gasteiger partial charge >= 0.3 is 6.03 Å². The molecule has 1 heterocycles. The third-order valence-electron chi connectivity index (χ3n) is 1.66. The van der Waals surface area contributed by atoms with Gasteiger partial charge in [-0.05, 0) is 13.8 Å². The molecule has 0 radical (unpaired) electrons. The number of hydrogen-bond acceptors (Lipinski definition) is 2. The van der Waals surface area contributed by atoms with Crippen molar-refractivity contribution in [3.8, 4) is 0 Å². The molecule has 0 atom stereocenters. The molecule has 2 amide bonds. The number of aryl methyl sites for hydroxylation is 1. The van der Waals surface area contributed by atoms with Crippen LogP contribution in [0.3, 0.4) is 0 Å². The predicted octanol–water partition coefficient (Wildman–Crippen LogP) is 0.778. The zero-order valence-corrected chi connectivity index (χ0v) is 7.30. The molecule has 1 aromatic rings. The number of carbonyl (C=O) groups excluding carboxylic acids is 1. The van der Waals surface area contributed by atoms with Crippen LogP contribution in [0.5, 0.6) is 0 Å². The Morgan fingerprint density at radius 3 is 2.75 bits per heavy atom. The van der Waals surface area contributed by atoms with Crippen molar-refractivity contribution in [1.29, 1.82) is 0 Å². The lowest BCUT2D eigenvalue weighted by molar-refractivity contribution is 0.254. The minimum absolute atomic E-state index is 0.350. The Balaban J connectivity index is 2.94. The van der Waals surface area contributed by atoms with E-state index in [1.165, 1.54) is 7.05 Å². The third-order valence-corrected chi connectivity index (χ3v) is 1.66. The molecule has 0 saturated carbocycles. The van der Waals surface area contributed by atoms with E-state index in [-0.39, 0.29) is 6.03 Å². The lowest BCUT2D eigenvalue weighted by atomic mass is 10.3. The highest BCUT2D eigenvalue weighted by Gasteiger charge is 2.06. The number of anilines is 1. The van der Waals surface area contributed by atoms with Crippen LogP contribution in [0.4, 0.5) is 10.6 Å². The number of aromatic amines is 1. The fourth-order valence-electron chi connectivity index (χ4n) is 0.735. The number of hydrogen-bond donors (Lipinski definition) is 3. The summed E-state index contributed by atoms with van der Waals surface area (Å²) in [6, 6.07) is -0.350. The summed E-state index contributed by atoms with van der Waals surface area (Å²) in [6.45, 7) is 3.59. The van der Waals surface area contributed by atoms with Gasteiger partial charge < -0.3 is 5.32 Å². The second-order valence-corrected chi connectivity index (χ2v) is 2.46. The van der Waals surface area contributed by atoms with Crippen LogP contribution in [0.15, 0.2) is 0 Å². The molecule has 0 aliphatic heterocycles. The molecule has 1 aromatic heterocycles. The quantitative estimate of drug-likeness (QED) is 0.581. The molecule has 3 N–H and O–H groups in total. The van der Waals surface area contributed by atoms with E-state index in [0.717, 1.165) is 16.3 Å². The Labute approximate surface area is 72.0 Å². The highest BCUT2D eigenvalue weighted by molar-refractivity contribution is 5.88. The molecule has 0 fully saturated rings. The van der Waals surface area contributed by atoms with Crippen LogP contribution in [-0.2, 0) is 0 Å². The summed E-state index contributed by atoms with van der Waals surface area (Å²) in [7, 11) is 1.52. The van der Waals surface area contributed by atoms with Gasteiger partial charge in [-0.3, -0.25) is 10.4 Å². The molecule has 0 saturated heterocycles. The van der Waals surface area contributed by atoms with E-state index in [2.05, 4.69) is 15.7 Å². The molecule has 0 aliphatic rings. The molecular formula is C7H12N4O. The summed E-state index contributed by atoms with van der Waals surface area (Å²) in [4.78, 5) is 10.9. The number of rotatable bonds is 1. The van der Waals surface area contributed by atoms with E-state index in [1.807, 2.05) is 0 Å². The van der Waals surface area contributed by atoms with Crippen LogP contribution in [0.25, 0.3) is 0 Å².